The first-order valence-electron chi connectivity index (χ1n) is 11.6. The Hall–Kier alpha value is -3.48. The number of aryl methyl sites for hydroxylation is 1. The number of carbonyl (C=O) groups is 1. The van der Waals surface area contributed by atoms with Gasteiger partial charge < -0.3 is 9.80 Å². The largest absolute Gasteiger partial charge is 0.340 e. The molecule has 0 aliphatic carbocycles. The molecule has 1 fully saturated rings. The predicted octanol–water partition coefficient (Wildman–Crippen LogP) is 3.29. The summed E-state index contributed by atoms with van der Waals surface area (Å²) in [7, 11) is 1.75. The van der Waals surface area contributed by atoms with Gasteiger partial charge in [0.1, 0.15) is 0 Å². The van der Waals surface area contributed by atoms with Crippen molar-refractivity contribution in [3.63, 3.8) is 0 Å². The zero-order valence-electron chi connectivity index (χ0n) is 19.4. The van der Waals surface area contributed by atoms with Crippen LogP contribution in [0.3, 0.4) is 0 Å². The highest BCUT2D eigenvalue weighted by Gasteiger charge is 2.30. The van der Waals surface area contributed by atoms with Crippen LogP contribution in [0.15, 0.2) is 65.7 Å². The number of pyridine rings is 1. The van der Waals surface area contributed by atoms with E-state index in [4.69, 9.17) is 4.98 Å². The number of nitrogens with zero attached hydrogens (tertiary/aromatic N) is 5. The third-order valence-electron chi connectivity index (χ3n) is 6.35. The van der Waals surface area contributed by atoms with E-state index in [9.17, 15) is 9.59 Å². The number of likely N-dealkylation sites (N-methyl/N-ethyl adjacent to an activating group) is 1. The van der Waals surface area contributed by atoms with Crippen LogP contribution >= 0.6 is 0 Å². The first kappa shape index (κ1) is 22.7. The number of benzene rings is 1. The van der Waals surface area contributed by atoms with Crippen molar-refractivity contribution < 1.29 is 4.79 Å². The van der Waals surface area contributed by atoms with Crippen molar-refractivity contribution in [2.75, 3.05) is 24.5 Å². The topological polar surface area (TPSA) is 71.3 Å². The minimum Gasteiger partial charge on any atom is -0.340 e. The molecule has 0 spiro atoms. The summed E-state index contributed by atoms with van der Waals surface area (Å²) in [4.78, 5) is 38.7. The summed E-state index contributed by atoms with van der Waals surface area (Å²) < 4.78 is 1.59. The average Bonchev–Trinajstić information content (AvgIpc) is 3.32. The molecule has 2 aromatic heterocycles. The lowest BCUT2D eigenvalue weighted by atomic mass is 10.1. The first-order valence-corrected chi connectivity index (χ1v) is 11.6. The highest BCUT2D eigenvalue weighted by molar-refractivity contribution is 5.77. The molecule has 1 saturated heterocycles. The Balaban J connectivity index is 1.50. The molecule has 1 aromatic carbocycles. The van der Waals surface area contributed by atoms with E-state index in [1.54, 1.807) is 30.1 Å². The zero-order chi connectivity index (χ0) is 23.2. The first-order chi connectivity index (χ1) is 16.1. The van der Waals surface area contributed by atoms with E-state index in [1.165, 1.54) is 5.56 Å². The molecule has 172 valence electrons. The lowest BCUT2D eigenvalue weighted by molar-refractivity contribution is -0.131. The molecule has 0 radical (unpaired) electrons. The molecule has 0 unspecified atom stereocenters. The highest BCUT2D eigenvalue weighted by Crippen LogP contribution is 2.23. The van der Waals surface area contributed by atoms with E-state index in [0.717, 1.165) is 31.4 Å². The molecule has 7 heteroatoms. The van der Waals surface area contributed by atoms with Gasteiger partial charge in [-0.05, 0) is 43.9 Å². The predicted molar refractivity (Wildman–Crippen MR) is 130 cm³/mol. The molecule has 3 heterocycles. The molecule has 0 saturated carbocycles. The van der Waals surface area contributed by atoms with E-state index >= 15 is 0 Å². The van der Waals surface area contributed by atoms with Crippen molar-refractivity contribution in [2.45, 2.75) is 38.6 Å². The Morgan fingerprint density at radius 3 is 2.64 bits per heavy atom. The van der Waals surface area contributed by atoms with Crippen LogP contribution in [0.1, 0.15) is 31.7 Å². The normalized spacial score (nSPS) is 15.6. The molecule has 1 atom stereocenters. The monoisotopic (exact) mass is 445 g/mol. The molecule has 33 heavy (non-hydrogen) atoms. The molecule has 4 rings (SSSR count). The van der Waals surface area contributed by atoms with Crippen LogP contribution < -0.4 is 10.5 Å². The van der Waals surface area contributed by atoms with Gasteiger partial charge in [-0.2, -0.15) is 0 Å². The van der Waals surface area contributed by atoms with Gasteiger partial charge in [0.05, 0.1) is 5.69 Å². The summed E-state index contributed by atoms with van der Waals surface area (Å²) in [5.74, 6) is 0.824. The summed E-state index contributed by atoms with van der Waals surface area (Å²) in [6, 6.07) is 15.5. The van der Waals surface area contributed by atoms with Gasteiger partial charge >= 0.3 is 0 Å². The number of aromatic nitrogens is 3. The average molecular weight is 446 g/mol. The maximum atomic E-state index is 13.0. The van der Waals surface area contributed by atoms with E-state index in [-0.39, 0.29) is 17.5 Å². The van der Waals surface area contributed by atoms with E-state index in [1.807, 2.05) is 35.2 Å². The van der Waals surface area contributed by atoms with Gasteiger partial charge in [-0.15, -0.1) is 0 Å². The molecular formula is C26H31N5O2. The van der Waals surface area contributed by atoms with Gasteiger partial charge in [-0.25, -0.2) is 4.98 Å². The van der Waals surface area contributed by atoms with Crippen molar-refractivity contribution in [1.82, 2.24) is 19.4 Å². The third kappa shape index (κ3) is 5.30. The highest BCUT2D eigenvalue weighted by atomic mass is 16.2. The second-order valence-corrected chi connectivity index (χ2v) is 8.48. The number of likely N-dealkylation sites (tertiary alicyclic amines) is 1. The molecule has 1 amide bonds. The molecular weight excluding hydrogens is 414 g/mol. The van der Waals surface area contributed by atoms with Crippen molar-refractivity contribution in [3.05, 3.63) is 76.8 Å². The summed E-state index contributed by atoms with van der Waals surface area (Å²) in [6.45, 7) is 4.21. The summed E-state index contributed by atoms with van der Waals surface area (Å²) in [6.07, 6.45) is 6.63. The Kier molecular flexibility index (Phi) is 7.17. The SMILES string of the molecule is CCN(C[C@H]1CCCN1C(=O)CCc1ccccc1)c1nc(-c2ccncc2)cc(=O)n1C. The van der Waals surface area contributed by atoms with E-state index in [2.05, 4.69) is 28.9 Å². The molecule has 0 bridgehead atoms. The molecule has 7 nitrogen and oxygen atoms in total. The Bertz CT molecular complexity index is 1130. The number of carbonyl (C=O) groups excluding carboxylic acids is 1. The van der Waals surface area contributed by atoms with Gasteiger partial charge in [-0.1, -0.05) is 30.3 Å². The number of hydrogen-bond donors (Lipinski definition) is 0. The van der Waals surface area contributed by atoms with Crippen LogP contribution in [-0.4, -0.2) is 51.0 Å². The van der Waals surface area contributed by atoms with Crippen molar-refractivity contribution in [3.8, 4) is 11.3 Å². The minimum absolute atomic E-state index is 0.104. The molecule has 3 aromatic rings. The van der Waals surface area contributed by atoms with Gasteiger partial charge in [0.2, 0.25) is 11.9 Å². The van der Waals surface area contributed by atoms with Crippen molar-refractivity contribution >= 4 is 11.9 Å². The second kappa shape index (κ2) is 10.4. The Labute approximate surface area is 194 Å². The lowest BCUT2D eigenvalue weighted by Gasteiger charge is -2.32. The van der Waals surface area contributed by atoms with Crippen LogP contribution in [0.25, 0.3) is 11.3 Å². The fourth-order valence-corrected chi connectivity index (χ4v) is 4.48. The van der Waals surface area contributed by atoms with Gasteiger partial charge in [-0.3, -0.25) is 19.1 Å². The number of hydrogen-bond acceptors (Lipinski definition) is 5. The summed E-state index contributed by atoms with van der Waals surface area (Å²) in [5.41, 5.74) is 2.58. The molecule has 1 aliphatic rings. The van der Waals surface area contributed by atoms with Crippen LogP contribution in [0, 0.1) is 0 Å². The standard InChI is InChI=1S/C26H31N5O2/c1-3-30(26-28-23(18-25(33)29(26)2)21-13-15-27-16-14-21)19-22-10-7-17-31(22)24(32)12-11-20-8-5-4-6-9-20/h4-6,8-9,13-16,18,22H,3,7,10-12,17,19H2,1-2H3/t22-/m1/s1. The summed E-state index contributed by atoms with van der Waals surface area (Å²) in [5, 5.41) is 0. The van der Waals surface area contributed by atoms with Crippen LogP contribution in [0.4, 0.5) is 5.95 Å². The fraction of sp³-hybridized carbons (Fsp3) is 0.385. The Morgan fingerprint density at radius 1 is 1.15 bits per heavy atom. The van der Waals surface area contributed by atoms with Crippen LogP contribution in [-0.2, 0) is 18.3 Å². The summed E-state index contributed by atoms with van der Waals surface area (Å²) >= 11 is 0. The third-order valence-corrected chi connectivity index (χ3v) is 6.35. The van der Waals surface area contributed by atoms with Crippen LogP contribution in [0.2, 0.25) is 0 Å². The van der Waals surface area contributed by atoms with Gasteiger partial charge in [0, 0.05) is 63.2 Å². The quantitative estimate of drug-likeness (QED) is 0.532. The maximum absolute atomic E-state index is 13.0. The van der Waals surface area contributed by atoms with E-state index < -0.39 is 0 Å². The maximum Gasteiger partial charge on any atom is 0.255 e. The van der Waals surface area contributed by atoms with E-state index in [0.29, 0.717) is 31.2 Å². The number of amides is 1. The van der Waals surface area contributed by atoms with Gasteiger partial charge in [0.25, 0.3) is 5.56 Å². The number of anilines is 1. The van der Waals surface area contributed by atoms with Gasteiger partial charge in [0.15, 0.2) is 0 Å². The molecule has 1 aliphatic heterocycles. The minimum atomic E-state index is -0.104. The van der Waals surface area contributed by atoms with Crippen molar-refractivity contribution in [2.24, 2.45) is 7.05 Å². The number of rotatable bonds is 8. The van der Waals surface area contributed by atoms with Crippen molar-refractivity contribution in [1.29, 1.82) is 0 Å². The Morgan fingerprint density at radius 2 is 1.91 bits per heavy atom. The molecule has 0 N–H and O–H groups in total. The second-order valence-electron chi connectivity index (χ2n) is 8.48. The lowest BCUT2D eigenvalue weighted by Crippen LogP contribution is -2.45. The smallest absolute Gasteiger partial charge is 0.255 e. The fourth-order valence-electron chi connectivity index (χ4n) is 4.48. The zero-order valence-corrected chi connectivity index (χ0v) is 19.4. The van der Waals surface area contributed by atoms with Crippen LogP contribution in [0.5, 0.6) is 0 Å².